The smallest absolute Gasteiger partial charge is 0.217 e. The minimum absolute atomic E-state index is 0.00145. The van der Waals surface area contributed by atoms with Crippen LogP contribution in [0.5, 0.6) is 0 Å². The van der Waals surface area contributed by atoms with Crippen LogP contribution in [0.1, 0.15) is 19.8 Å². The Bertz CT molecular complexity index is 486. The molecule has 106 valence electrons. The molecule has 1 N–H and O–H groups in total. The molecular formula is C10H20N2O4S2. The van der Waals surface area contributed by atoms with Crippen LogP contribution in [0.25, 0.3) is 0 Å². The SMILES string of the molecule is C[C@@H]1CN(S(=O)(=O)C2CCS(=O)(=O)CC2)CCN1. The van der Waals surface area contributed by atoms with Gasteiger partial charge in [-0.25, -0.2) is 16.8 Å². The minimum Gasteiger partial charge on any atom is -0.312 e. The maximum atomic E-state index is 12.4. The first-order chi connectivity index (χ1) is 8.31. The van der Waals surface area contributed by atoms with Crippen molar-refractivity contribution in [2.24, 2.45) is 0 Å². The quantitative estimate of drug-likeness (QED) is 0.720. The van der Waals surface area contributed by atoms with Gasteiger partial charge < -0.3 is 5.32 Å². The van der Waals surface area contributed by atoms with Crippen molar-refractivity contribution in [1.29, 1.82) is 0 Å². The van der Waals surface area contributed by atoms with Crippen LogP contribution in [-0.4, -0.2) is 63.6 Å². The number of rotatable bonds is 2. The predicted octanol–water partition coefficient (Wildman–Crippen LogP) is -0.813. The maximum absolute atomic E-state index is 12.4. The fraction of sp³-hybridized carbons (Fsp3) is 1.00. The van der Waals surface area contributed by atoms with Crippen LogP contribution in [0, 0.1) is 0 Å². The molecule has 0 bridgehead atoms. The Morgan fingerprint density at radius 3 is 2.39 bits per heavy atom. The summed E-state index contributed by atoms with van der Waals surface area (Å²) in [5.41, 5.74) is 0. The van der Waals surface area contributed by atoms with Gasteiger partial charge in [-0.15, -0.1) is 0 Å². The molecule has 0 aromatic rings. The minimum atomic E-state index is -3.34. The Balaban J connectivity index is 2.07. The van der Waals surface area contributed by atoms with Gasteiger partial charge in [0, 0.05) is 25.7 Å². The van der Waals surface area contributed by atoms with Gasteiger partial charge in [-0.05, 0) is 19.8 Å². The average molecular weight is 296 g/mol. The fourth-order valence-electron chi connectivity index (χ4n) is 2.51. The Kier molecular flexibility index (Phi) is 4.01. The number of nitrogens with zero attached hydrogens (tertiary/aromatic N) is 1. The van der Waals surface area contributed by atoms with E-state index < -0.39 is 25.1 Å². The summed E-state index contributed by atoms with van der Waals surface area (Å²) in [6.45, 7) is 3.57. The fourth-order valence-corrected chi connectivity index (χ4v) is 6.33. The lowest BCUT2D eigenvalue weighted by molar-refractivity contribution is 0.306. The molecular weight excluding hydrogens is 276 g/mol. The average Bonchev–Trinajstić information content (AvgIpc) is 2.28. The van der Waals surface area contributed by atoms with Crippen molar-refractivity contribution >= 4 is 19.9 Å². The van der Waals surface area contributed by atoms with Gasteiger partial charge in [-0.3, -0.25) is 0 Å². The lowest BCUT2D eigenvalue weighted by Gasteiger charge is -2.34. The van der Waals surface area contributed by atoms with Gasteiger partial charge in [0.15, 0.2) is 0 Å². The monoisotopic (exact) mass is 296 g/mol. The topological polar surface area (TPSA) is 83.6 Å². The van der Waals surface area contributed by atoms with E-state index in [-0.39, 0.29) is 30.4 Å². The molecule has 0 radical (unpaired) electrons. The van der Waals surface area contributed by atoms with Gasteiger partial charge in [-0.2, -0.15) is 4.31 Å². The molecule has 1 atom stereocenters. The van der Waals surface area contributed by atoms with Gasteiger partial charge >= 0.3 is 0 Å². The van der Waals surface area contributed by atoms with Crippen molar-refractivity contribution in [2.75, 3.05) is 31.1 Å². The van der Waals surface area contributed by atoms with Crippen LogP contribution in [0.4, 0.5) is 0 Å². The lowest BCUT2D eigenvalue weighted by Crippen LogP contribution is -2.54. The summed E-state index contributed by atoms with van der Waals surface area (Å²) in [5.74, 6) is -0.00290. The molecule has 0 aromatic heterocycles. The van der Waals surface area contributed by atoms with Gasteiger partial charge in [0.25, 0.3) is 0 Å². The molecule has 0 spiro atoms. The van der Waals surface area contributed by atoms with Crippen molar-refractivity contribution in [2.45, 2.75) is 31.1 Å². The zero-order chi connectivity index (χ0) is 13.4. The third-order valence-electron chi connectivity index (χ3n) is 3.61. The number of nitrogens with one attached hydrogen (secondary N) is 1. The van der Waals surface area contributed by atoms with Crippen LogP contribution in [0.15, 0.2) is 0 Å². The number of piperazine rings is 1. The Labute approximate surface area is 109 Å². The van der Waals surface area contributed by atoms with Crippen molar-refractivity contribution in [1.82, 2.24) is 9.62 Å². The molecule has 6 nitrogen and oxygen atoms in total. The second-order valence-corrected chi connectivity index (χ2v) is 9.63. The number of sulfone groups is 1. The van der Waals surface area contributed by atoms with E-state index in [1.165, 1.54) is 4.31 Å². The molecule has 8 heteroatoms. The third kappa shape index (κ3) is 3.04. The zero-order valence-electron chi connectivity index (χ0n) is 10.5. The van der Waals surface area contributed by atoms with Crippen molar-refractivity contribution < 1.29 is 16.8 Å². The Morgan fingerprint density at radius 2 is 1.83 bits per heavy atom. The van der Waals surface area contributed by atoms with E-state index in [1.54, 1.807) is 0 Å². The van der Waals surface area contributed by atoms with Crippen LogP contribution in [-0.2, 0) is 19.9 Å². The Morgan fingerprint density at radius 1 is 1.22 bits per heavy atom. The highest BCUT2D eigenvalue weighted by Gasteiger charge is 2.37. The first kappa shape index (κ1) is 14.2. The molecule has 0 unspecified atom stereocenters. The number of sulfonamides is 1. The zero-order valence-corrected chi connectivity index (χ0v) is 12.1. The highest BCUT2D eigenvalue weighted by Crippen LogP contribution is 2.23. The van der Waals surface area contributed by atoms with E-state index in [2.05, 4.69) is 5.32 Å². The van der Waals surface area contributed by atoms with E-state index in [9.17, 15) is 16.8 Å². The van der Waals surface area contributed by atoms with Gasteiger partial charge in [0.05, 0.1) is 16.8 Å². The molecule has 0 amide bonds. The molecule has 2 rings (SSSR count). The highest BCUT2D eigenvalue weighted by atomic mass is 32.2. The van der Waals surface area contributed by atoms with E-state index in [0.29, 0.717) is 19.6 Å². The summed E-state index contributed by atoms with van der Waals surface area (Å²) in [5, 5.41) is 2.68. The first-order valence-corrected chi connectivity index (χ1v) is 9.56. The lowest BCUT2D eigenvalue weighted by atomic mass is 10.2. The molecule has 0 saturated carbocycles. The van der Waals surface area contributed by atoms with E-state index >= 15 is 0 Å². The summed E-state index contributed by atoms with van der Waals surface area (Å²) in [6, 6.07) is 0.154. The standard InChI is InChI=1S/C10H20N2O4S2/c1-9-8-12(5-4-11-9)18(15,16)10-2-6-17(13,14)7-3-10/h9-11H,2-8H2,1H3/t9-/m1/s1. The molecule has 2 saturated heterocycles. The molecule has 2 fully saturated rings. The van der Waals surface area contributed by atoms with Crippen molar-refractivity contribution in [3.63, 3.8) is 0 Å². The first-order valence-electron chi connectivity index (χ1n) is 6.24. The summed E-state index contributed by atoms with van der Waals surface area (Å²) >= 11 is 0. The van der Waals surface area contributed by atoms with Crippen LogP contribution in [0.3, 0.4) is 0 Å². The van der Waals surface area contributed by atoms with Crippen molar-refractivity contribution in [3.8, 4) is 0 Å². The second kappa shape index (κ2) is 5.07. The normalized spacial score (nSPS) is 31.3. The third-order valence-corrected chi connectivity index (χ3v) is 7.70. The molecule has 18 heavy (non-hydrogen) atoms. The van der Waals surface area contributed by atoms with Crippen LogP contribution >= 0.6 is 0 Å². The van der Waals surface area contributed by atoms with Gasteiger partial charge in [0.1, 0.15) is 9.84 Å². The predicted molar refractivity (Wildman–Crippen MR) is 69.6 cm³/mol. The van der Waals surface area contributed by atoms with E-state index in [1.807, 2.05) is 6.92 Å². The second-order valence-electron chi connectivity index (χ2n) is 5.11. The largest absolute Gasteiger partial charge is 0.312 e. The van der Waals surface area contributed by atoms with Gasteiger partial charge in [0.2, 0.25) is 10.0 Å². The summed E-state index contributed by atoms with van der Waals surface area (Å²) in [7, 11) is -6.35. The van der Waals surface area contributed by atoms with E-state index in [4.69, 9.17) is 0 Å². The van der Waals surface area contributed by atoms with E-state index in [0.717, 1.165) is 0 Å². The Hall–Kier alpha value is -0.180. The number of hydrogen-bond acceptors (Lipinski definition) is 5. The van der Waals surface area contributed by atoms with Gasteiger partial charge in [-0.1, -0.05) is 0 Å². The summed E-state index contributed by atoms with van der Waals surface area (Å²) < 4.78 is 49.0. The highest BCUT2D eigenvalue weighted by molar-refractivity contribution is 7.92. The summed E-state index contributed by atoms with van der Waals surface area (Å²) in [6.07, 6.45) is 0.478. The number of hydrogen-bond donors (Lipinski definition) is 1. The molecule has 2 heterocycles. The van der Waals surface area contributed by atoms with Crippen LogP contribution < -0.4 is 5.32 Å². The summed E-state index contributed by atoms with van der Waals surface area (Å²) in [4.78, 5) is 0. The molecule has 2 aliphatic heterocycles. The van der Waals surface area contributed by atoms with Crippen LogP contribution in [0.2, 0.25) is 0 Å². The molecule has 0 aliphatic carbocycles. The molecule has 2 aliphatic rings. The molecule has 0 aromatic carbocycles. The maximum Gasteiger partial charge on any atom is 0.217 e. The van der Waals surface area contributed by atoms with Crippen molar-refractivity contribution in [3.05, 3.63) is 0 Å².